The topological polar surface area (TPSA) is 88.1 Å². The average Bonchev–Trinajstić information content (AvgIpc) is 2.62. The molecule has 0 bridgehead atoms. The van der Waals surface area contributed by atoms with Gasteiger partial charge in [-0.25, -0.2) is 9.90 Å². The van der Waals surface area contributed by atoms with E-state index in [9.17, 15) is 9.59 Å². The van der Waals surface area contributed by atoms with Crippen LogP contribution in [0.1, 0.15) is 41.6 Å². The molecule has 7 heteroatoms. The molecule has 2 rings (SSSR count). The first kappa shape index (κ1) is 19.4. The fourth-order valence-corrected chi connectivity index (χ4v) is 2.72. The number of likely N-dealkylation sites (N-methyl/N-ethyl adjacent to an activating group) is 1. The Labute approximate surface area is 147 Å². The molecule has 1 heterocycles. The van der Waals surface area contributed by atoms with Crippen molar-refractivity contribution >= 4 is 11.9 Å². The van der Waals surface area contributed by atoms with Crippen molar-refractivity contribution < 1.29 is 24.3 Å². The van der Waals surface area contributed by atoms with Crippen LogP contribution in [0, 0.1) is 0 Å². The minimum absolute atomic E-state index is 0.237. The zero-order valence-electron chi connectivity index (χ0n) is 14.7. The maximum absolute atomic E-state index is 12.4. The number of hydroxylamine groups is 2. The van der Waals surface area contributed by atoms with Crippen molar-refractivity contribution in [3.05, 3.63) is 35.4 Å². The summed E-state index contributed by atoms with van der Waals surface area (Å²) in [6, 6.07) is 6.57. The molecular formula is C18H26N2O5. The molecule has 1 aliphatic heterocycles. The molecule has 0 aromatic heterocycles. The highest BCUT2D eigenvalue weighted by Crippen LogP contribution is 2.16. The van der Waals surface area contributed by atoms with Gasteiger partial charge in [0, 0.05) is 25.6 Å². The number of aryl methyl sites for hydroxylation is 1. The molecule has 2 atom stereocenters. The summed E-state index contributed by atoms with van der Waals surface area (Å²) in [6.45, 7) is 0.658. The van der Waals surface area contributed by atoms with Crippen LogP contribution in [0.2, 0.25) is 0 Å². The lowest BCUT2D eigenvalue weighted by Gasteiger charge is -2.27. The van der Waals surface area contributed by atoms with E-state index < -0.39 is 12.0 Å². The van der Waals surface area contributed by atoms with Crippen LogP contribution in [0.5, 0.6) is 0 Å². The number of carboxylic acids is 1. The van der Waals surface area contributed by atoms with Gasteiger partial charge in [0.2, 0.25) is 0 Å². The SMILES string of the molecule is CNC(CCc1ccc(C(=O)N(C)OC2CCCCO2)cc1)C(=O)O. The Balaban J connectivity index is 1.87. The maximum atomic E-state index is 12.4. The number of hydrogen-bond donors (Lipinski definition) is 2. The van der Waals surface area contributed by atoms with Crippen molar-refractivity contribution in [2.24, 2.45) is 0 Å². The maximum Gasteiger partial charge on any atom is 0.320 e. The molecule has 1 aromatic rings. The Hall–Kier alpha value is -1.96. The van der Waals surface area contributed by atoms with E-state index in [4.69, 9.17) is 14.7 Å². The number of rotatable bonds is 8. The van der Waals surface area contributed by atoms with Gasteiger partial charge in [0.15, 0.2) is 6.29 Å². The monoisotopic (exact) mass is 350 g/mol. The van der Waals surface area contributed by atoms with Crippen molar-refractivity contribution in [1.29, 1.82) is 0 Å². The smallest absolute Gasteiger partial charge is 0.320 e. The first-order valence-corrected chi connectivity index (χ1v) is 8.56. The van der Waals surface area contributed by atoms with Crippen molar-refractivity contribution in [3.63, 3.8) is 0 Å². The second-order valence-electron chi connectivity index (χ2n) is 6.12. The van der Waals surface area contributed by atoms with Crippen LogP contribution >= 0.6 is 0 Å². The average molecular weight is 350 g/mol. The van der Waals surface area contributed by atoms with Gasteiger partial charge in [0.25, 0.3) is 5.91 Å². The molecule has 1 aromatic carbocycles. The number of carboxylic acid groups (broad SMARTS) is 1. The van der Waals surface area contributed by atoms with Crippen LogP contribution in [0.3, 0.4) is 0 Å². The van der Waals surface area contributed by atoms with E-state index in [2.05, 4.69) is 5.32 Å². The van der Waals surface area contributed by atoms with Gasteiger partial charge in [-0.15, -0.1) is 0 Å². The summed E-state index contributed by atoms with van der Waals surface area (Å²) in [6.07, 6.45) is 3.58. The van der Waals surface area contributed by atoms with Crippen molar-refractivity contribution in [1.82, 2.24) is 10.4 Å². The molecule has 7 nitrogen and oxygen atoms in total. The third-order valence-corrected chi connectivity index (χ3v) is 4.27. The van der Waals surface area contributed by atoms with E-state index in [0.29, 0.717) is 25.0 Å². The molecule has 2 unspecified atom stereocenters. The molecule has 0 saturated carbocycles. The highest BCUT2D eigenvalue weighted by Gasteiger charge is 2.21. The molecule has 1 amide bonds. The zero-order chi connectivity index (χ0) is 18.2. The third-order valence-electron chi connectivity index (χ3n) is 4.27. The molecule has 1 saturated heterocycles. The number of ether oxygens (including phenoxy) is 1. The number of nitrogens with one attached hydrogen (secondary N) is 1. The first-order chi connectivity index (χ1) is 12.0. The second-order valence-corrected chi connectivity index (χ2v) is 6.12. The van der Waals surface area contributed by atoms with Gasteiger partial charge >= 0.3 is 5.97 Å². The largest absolute Gasteiger partial charge is 0.480 e. The minimum Gasteiger partial charge on any atom is -0.480 e. The summed E-state index contributed by atoms with van der Waals surface area (Å²) >= 11 is 0. The summed E-state index contributed by atoms with van der Waals surface area (Å²) in [5.41, 5.74) is 1.50. The number of nitrogens with zero attached hydrogens (tertiary/aromatic N) is 1. The van der Waals surface area contributed by atoms with Gasteiger partial charge < -0.3 is 15.2 Å². The summed E-state index contributed by atoms with van der Waals surface area (Å²) in [5, 5.41) is 13.0. The van der Waals surface area contributed by atoms with Gasteiger partial charge in [-0.2, -0.15) is 0 Å². The van der Waals surface area contributed by atoms with Crippen LogP contribution in [0.4, 0.5) is 0 Å². The third kappa shape index (κ3) is 5.81. The van der Waals surface area contributed by atoms with E-state index in [1.807, 2.05) is 12.1 Å². The summed E-state index contributed by atoms with van der Waals surface area (Å²) in [7, 11) is 3.21. The van der Waals surface area contributed by atoms with Gasteiger partial charge in [0.05, 0.1) is 0 Å². The Morgan fingerprint density at radius 2 is 2.08 bits per heavy atom. The van der Waals surface area contributed by atoms with E-state index in [1.54, 1.807) is 26.2 Å². The van der Waals surface area contributed by atoms with Crippen molar-refractivity contribution in [2.45, 2.75) is 44.4 Å². The highest BCUT2D eigenvalue weighted by atomic mass is 16.8. The Morgan fingerprint density at radius 3 is 2.64 bits per heavy atom. The molecule has 0 spiro atoms. The lowest BCUT2D eigenvalue weighted by molar-refractivity contribution is -0.258. The van der Waals surface area contributed by atoms with Gasteiger partial charge in [-0.3, -0.25) is 9.59 Å². The molecule has 0 aliphatic carbocycles. The highest BCUT2D eigenvalue weighted by molar-refractivity contribution is 5.93. The summed E-state index contributed by atoms with van der Waals surface area (Å²) in [5.74, 6) is -1.10. The Kier molecular flexibility index (Phi) is 7.36. The predicted molar refractivity (Wildman–Crippen MR) is 92.0 cm³/mol. The molecule has 138 valence electrons. The number of aliphatic carboxylic acids is 1. The lowest BCUT2D eigenvalue weighted by atomic mass is 10.0. The number of carbonyl (C=O) groups is 2. The van der Waals surface area contributed by atoms with Crippen LogP contribution in [-0.2, 0) is 20.8 Å². The standard InChI is InChI=1S/C18H26N2O5/c1-19-15(18(22)23)11-8-13-6-9-14(10-7-13)17(21)20(2)25-16-5-3-4-12-24-16/h6-7,9-10,15-16,19H,3-5,8,11-12H2,1-2H3,(H,22,23). The number of carbonyl (C=O) groups excluding carboxylic acids is 1. The lowest BCUT2D eigenvalue weighted by Crippen LogP contribution is -2.35. The first-order valence-electron chi connectivity index (χ1n) is 8.56. The van der Waals surface area contributed by atoms with Gasteiger partial charge in [-0.05, 0) is 50.4 Å². The van der Waals surface area contributed by atoms with Crippen molar-refractivity contribution in [2.75, 3.05) is 20.7 Å². The zero-order valence-corrected chi connectivity index (χ0v) is 14.7. The normalized spacial score (nSPS) is 18.6. The van der Waals surface area contributed by atoms with Crippen LogP contribution in [0.25, 0.3) is 0 Å². The van der Waals surface area contributed by atoms with E-state index in [0.717, 1.165) is 24.8 Å². The number of benzene rings is 1. The summed E-state index contributed by atoms with van der Waals surface area (Å²) in [4.78, 5) is 28.9. The molecule has 25 heavy (non-hydrogen) atoms. The van der Waals surface area contributed by atoms with E-state index in [1.165, 1.54) is 5.06 Å². The van der Waals surface area contributed by atoms with Crippen LogP contribution in [-0.4, -0.2) is 55.1 Å². The number of hydrogen-bond acceptors (Lipinski definition) is 5. The fourth-order valence-electron chi connectivity index (χ4n) is 2.72. The van der Waals surface area contributed by atoms with Crippen molar-refractivity contribution in [3.8, 4) is 0 Å². The predicted octanol–water partition coefficient (Wildman–Crippen LogP) is 1.82. The summed E-state index contributed by atoms with van der Waals surface area (Å²) < 4.78 is 5.47. The molecule has 1 aliphatic rings. The second kappa shape index (κ2) is 9.50. The molecule has 0 radical (unpaired) electrons. The fraction of sp³-hybridized carbons (Fsp3) is 0.556. The molecule has 1 fully saturated rings. The van der Waals surface area contributed by atoms with E-state index in [-0.39, 0.29) is 12.2 Å². The molecular weight excluding hydrogens is 324 g/mol. The van der Waals surface area contributed by atoms with Gasteiger partial charge in [0.1, 0.15) is 6.04 Å². The number of amides is 1. The van der Waals surface area contributed by atoms with E-state index >= 15 is 0 Å². The van der Waals surface area contributed by atoms with Gasteiger partial charge in [-0.1, -0.05) is 12.1 Å². The van der Waals surface area contributed by atoms with Crippen LogP contribution < -0.4 is 5.32 Å². The quantitative estimate of drug-likeness (QED) is 0.696. The Bertz CT molecular complexity index is 569. The minimum atomic E-state index is -0.863. The Morgan fingerprint density at radius 1 is 1.36 bits per heavy atom. The molecule has 2 N–H and O–H groups in total. The van der Waals surface area contributed by atoms with Crippen LogP contribution in [0.15, 0.2) is 24.3 Å².